The Labute approximate surface area is 168 Å². The zero-order valence-corrected chi connectivity index (χ0v) is 16.4. The number of hydrogen-bond acceptors (Lipinski definition) is 7. The third-order valence-electron chi connectivity index (χ3n) is 5.28. The maximum atomic E-state index is 12.8. The molecule has 0 bridgehead atoms. The van der Waals surface area contributed by atoms with Crippen LogP contribution in [0.25, 0.3) is 10.9 Å². The number of aromatic nitrogens is 3. The molecule has 8 nitrogen and oxygen atoms in total. The van der Waals surface area contributed by atoms with Crippen LogP contribution in [0.3, 0.4) is 0 Å². The van der Waals surface area contributed by atoms with E-state index in [9.17, 15) is 9.90 Å². The van der Waals surface area contributed by atoms with Gasteiger partial charge in [-0.25, -0.2) is 9.97 Å². The molecule has 3 aromatic rings. The number of benzene rings is 1. The van der Waals surface area contributed by atoms with E-state index in [0.717, 1.165) is 43.2 Å². The van der Waals surface area contributed by atoms with Crippen molar-refractivity contribution in [3.8, 4) is 0 Å². The van der Waals surface area contributed by atoms with Crippen molar-refractivity contribution < 1.29 is 14.4 Å². The monoisotopic (exact) mass is 395 g/mol. The molecule has 4 rings (SSSR count). The second-order valence-corrected chi connectivity index (χ2v) is 7.41. The van der Waals surface area contributed by atoms with Crippen molar-refractivity contribution in [2.45, 2.75) is 57.7 Å². The van der Waals surface area contributed by atoms with Crippen LogP contribution in [0.15, 0.2) is 35.0 Å². The number of amides is 1. The van der Waals surface area contributed by atoms with E-state index in [0.29, 0.717) is 22.8 Å². The molecule has 1 aliphatic rings. The zero-order valence-electron chi connectivity index (χ0n) is 16.4. The van der Waals surface area contributed by atoms with E-state index in [4.69, 9.17) is 4.52 Å². The van der Waals surface area contributed by atoms with Gasteiger partial charge in [0.1, 0.15) is 0 Å². The van der Waals surface area contributed by atoms with Crippen LogP contribution in [-0.4, -0.2) is 38.3 Å². The molecule has 29 heavy (non-hydrogen) atoms. The minimum Gasteiger partial charge on any atom is -0.393 e. The van der Waals surface area contributed by atoms with Gasteiger partial charge in [-0.1, -0.05) is 24.2 Å². The molecule has 1 fully saturated rings. The lowest BCUT2D eigenvalue weighted by molar-refractivity contribution is 0.0948. The van der Waals surface area contributed by atoms with Gasteiger partial charge in [-0.3, -0.25) is 4.79 Å². The third-order valence-corrected chi connectivity index (χ3v) is 5.28. The van der Waals surface area contributed by atoms with Crippen molar-refractivity contribution in [3.05, 3.63) is 47.5 Å². The Morgan fingerprint density at radius 3 is 2.86 bits per heavy atom. The molecule has 1 aromatic carbocycles. The molecule has 1 amide bonds. The average Bonchev–Trinajstić information content (AvgIpc) is 3.21. The number of fused-ring (bicyclic) bond motifs is 1. The standard InChI is InChI=1S/C21H25N5O3/c1-2-14-10-17(29-26-14)12-22-20(28)18-5-3-4-13-11-23-21(25-19(13)18)24-15-6-8-16(27)9-7-15/h3-5,10-11,15-16,27H,2,6-9,12H2,1H3,(H,22,28)(H,23,24,25). The first-order valence-corrected chi connectivity index (χ1v) is 10.1. The van der Waals surface area contributed by atoms with Gasteiger partial charge in [0.2, 0.25) is 5.95 Å². The SMILES string of the molecule is CCc1cc(CNC(=O)c2cccc3cnc(NC4CCC(O)CC4)nc23)on1. The fraction of sp³-hybridized carbons (Fsp3) is 0.429. The molecule has 1 saturated carbocycles. The lowest BCUT2D eigenvalue weighted by Crippen LogP contribution is -2.29. The molecule has 0 aliphatic heterocycles. The van der Waals surface area contributed by atoms with Gasteiger partial charge in [-0.15, -0.1) is 0 Å². The van der Waals surface area contributed by atoms with Crippen molar-refractivity contribution in [2.24, 2.45) is 0 Å². The van der Waals surface area contributed by atoms with Gasteiger partial charge in [0.15, 0.2) is 5.76 Å². The minimum absolute atomic E-state index is 0.210. The molecule has 0 saturated heterocycles. The fourth-order valence-electron chi connectivity index (χ4n) is 3.58. The topological polar surface area (TPSA) is 113 Å². The van der Waals surface area contributed by atoms with Crippen LogP contribution >= 0.6 is 0 Å². The van der Waals surface area contributed by atoms with Crippen LogP contribution in [0.2, 0.25) is 0 Å². The Bertz CT molecular complexity index is 995. The number of nitrogens with zero attached hydrogens (tertiary/aromatic N) is 3. The van der Waals surface area contributed by atoms with Gasteiger partial charge >= 0.3 is 0 Å². The van der Waals surface area contributed by atoms with E-state index < -0.39 is 0 Å². The summed E-state index contributed by atoms with van der Waals surface area (Å²) in [6.07, 6.45) is 5.61. The van der Waals surface area contributed by atoms with Gasteiger partial charge in [-0.05, 0) is 38.2 Å². The third kappa shape index (κ3) is 4.54. The highest BCUT2D eigenvalue weighted by molar-refractivity contribution is 6.05. The Morgan fingerprint density at radius 2 is 2.10 bits per heavy atom. The fourth-order valence-corrected chi connectivity index (χ4v) is 3.58. The molecule has 2 heterocycles. The van der Waals surface area contributed by atoms with Crippen LogP contribution in [-0.2, 0) is 13.0 Å². The number of aliphatic hydroxyl groups is 1. The smallest absolute Gasteiger partial charge is 0.253 e. The van der Waals surface area contributed by atoms with Crippen molar-refractivity contribution in [2.75, 3.05) is 5.32 Å². The van der Waals surface area contributed by atoms with Crippen LogP contribution in [0, 0.1) is 0 Å². The molecule has 0 unspecified atom stereocenters. The summed E-state index contributed by atoms with van der Waals surface area (Å²) in [5, 5.41) is 20.6. The second kappa shape index (κ2) is 8.57. The first kappa shape index (κ1) is 19.3. The number of carbonyl (C=O) groups is 1. The molecule has 0 atom stereocenters. The predicted octanol–water partition coefficient (Wildman–Crippen LogP) is 2.83. The van der Waals surface area contributed by atoms with Gasteiger partial charge in [-0.2, -0.15) is 0 Å². The average molecular weight is 395 g/mol. The minimum atomic E-state index is -0.226. The lowest BCUT2D eigenvalue weighted by atomic mass is 9.93. The number of nitrogens with one attached hydrogen (secondary N) is 2. The first-order chi connectivity index (χ1) is 14.1. The molecular formula is C21H25N5O3. The van der Waals surface area contributed by atoms with Gasteiger partial charge < -0.3 is 20.3 Å². The zero-order chi connectivity index (χ0) is 20.2. The van der Waals surface area contributed by atoms with Crippen molar-refractivity contribution in [1.29, 1.82) is 0 Å². The number of aliphatic hydroxyl groups excluding tert-OH is 1. The van der Waals surface area contributed by atoms with E-state index in [1.54, 1.807) is 12.3 Å². The number of para-hydroxylation sites is 1. The summed E-state index contributed by atoms with van der Waals surface area (Å²) in [7, 11) is 0. The Morgan fingerprint density at radius 1 is 1.28 bits per heavy atom. The van der Waals surface area contributed by atoms with Gasteiger partial charge in [0.05, 0.1) is 29.4 Å². The molecular weight excluding hydrogens is 370 g/mol. The van der Waals surface area contributed by atoms with Crippen molar-refractivity contribution >= 4 is 22.8 Å². The van der Waals surface area contributed by atoms with Crippen LogP contribution in [0.1, 0.15) is 54.4 Å². The highest BCUT2D eigenvalue weighted by atomic mass is 16.5. The molecule has 1 aliphatic carbocycles. The predicted molar refractivity (Wildman–Crippen MR) is 108 cm³/mol. The highest BCUT2D eigenvalue weighted by Gasteiger charge is 2.20. The van der Waals surface area contributed by atoms with E-state index in [1.165, 1.54) is 0 Å². The number of carbonyl (C=O) groups excluding carboxylic acids is 1. The number of hydrogen-bond donors (Lipinski definition) is 3. The maximum absolute atomic E-state index is 12.8. The quantitative estimate of drug-likeness (QED) is 0.588. The normalized spacial score (nSPS) is 19.2. The lowest BCUT2D eigenvalue weighted by Gasteiger charge is -2.26. The number of aryl methyl sites for hydroxylation is 1. The summed E-state index contributed by atoms with van der Waals surface area (Å²) in [4.78, 5) is 21.8. The summed E-state index contributed by atoms with van der Waals surface area (Å²) >= 11 is 0. The van der Waals surface area contributed by atoms with Crippen LogP contribution in [0.5, 0.6) is 0 Å². The summed E-state index contributed by atoms with van der Waals surface area (Å²) in [6, 6.07) is 7.53. The summed E-state index contributed by atoms with van der Waals surface area (Å²) in [6.45, 7) is 2.26. The van der Waals surface area contributed by atoms with Gasteiger partial charge in [0.25, 0.3) is 5.91 Å². The molecule has 0 radical (unpaired) electrons. The van der Waals surface area contributed by atoms with E-state index in [1.807, 2.05) is 25.1 Å². The van der Waals surface area contributed by atoms with Gasteiger partial charge in [0, 0.05) is 23.7 Å². The van der Waals surface area contributed by atoms with E-state index in [2.05, 4.69) is 25.8 Å². The largest absolute Gasteiger partial charge is 0.393 e. The van der Waals surface area contributed by atoms with E-state index in [-0.39, 0.29) is 24.6 Å². The highest BCUT2D eigenvalue weighted by Crippen LogP contribution is 2.23. The number of rotatable bonds is 6. The molecule has 3 N–H and O–H groups in total. The Hall–Kier alpha value is -3.00. The summed E-state index contributed by atoms with van der Waals surface area (Å²) < 4.78 is 5.22. The van der Waals surface area contributed by atoms with Crippen molar-refractivity contribution in [1.82, 2.24) is 20.4 Å². The maximum Gasteiger partial charge on any atom is 0.253 e. The van der Waals surface area contributed by atoms with Crippen LogP contribution in [0.4, 0.5) is 5.95 Å². The summed E-state index contributed by atoms with van der Waals surface area (Å²) in [5.41, 5.74) is 1.95. The Kier molecular flexibility index (Phi) is 5.71. The molecule has 8 heteroatoms. The second-order valence-electron chi connectivity index (χ2n) is 7.41. The molecule has 152 valence electrons. The summed E-state index contributed by atoms with van der Waals surface area (Å²) in [5.74, 6) is 0.893. The van der Waals surface area contributed by atoms with E-state index >= 15 is 0 Å². The number of anilines is 1. The van der Waals surface area contributed by atoms with Crippen LogP contribution < -0.4 is 10.6 Å². The first-order valence-electron chi connectivity index (χ1n) is 10.1. The molecule has 0 spiro atoms. The molecule has 2 aromatic heterocycles. The Balaban J connectivity index is 1.49. The van der Waals surface area contributed by atoms with Crippen molar-refractivity contribution in [3.63, 3.8) is 0 Å².